The number of rotatable bonds is 2. The summed E-state index contributed by atoms with van der Waals surface area (Å²) in [6, 6.07) is 5.58. The fourth-order valence-corrected chi connectivity index (χ4v) is 1.79. The Morgan fingerprint density at radius 2 is 1.42 bits per heavy atom. The van der Waals surface area contributed by atoms with Gasteiger partial charge in [-0.05, 0) is 30.3 Å². The van der Waals surface area contributed by atoms with Crippen molar-refractivity contribution in [1.82, 2.24) is 0 Å². The Balaban J connectivity index is 2.85. The second-order valence-corrected chi connectivity index (χ2v) is 3.86. The van der Waals surface area contributed by atoms with Gasteiger partial charge < -0.3 is 25.5 Å². The van der Waals surface area contributed by atoms with Crippen molar-refractivity contribution in [2.45, 2.75) is 0 Å². The van der Waals surface area contributed by atoms with Crippen LogP contribution in [0.25, 0.3) is 11.1 Å². The van der Waals surface area contributed by atoms with Gasteiger partial charge in [-0.3, -0.25) is 0 Å². The third kappa shape index (κ3) is 2.11. The predicted octanol–water partition coefficient (Wildman–Crippen LogP) is 1.87. The monoisotopic (exact) mass is 262 g/mol. The Morgan fingerprint density at radius 1 is 0.842 bits per heavy atom. The first-order chi connectivity index (χ1) is 8.91. The van der Waals surface area contributed by atoms with Gasteiger partial charge in [-0.25, -0.2) is 4.79 Å². The van der Waals surface area contributed by atoms with Gasteiger partial charge >= 0.3 is 5.97 Å². The summed E-state index contributed by atoms with van der Waals surface area (Å²) in [7, 11) is 0. The number of benzene rings is 2. The molecule has 2 aromatic carbocycles. The molecule has 0 saturated heterocycles. The van der Waals surface area contributed by atoms with E-state index in [2.05, 4.69) is 0 Å². The molecule has 6 heteroatoms. The van der Waals surface area contributed by atoms with Crippen molar-refractivity contribution >= 4 is 5.97 Å². The summed E-state index contributed by atoms with van der Waals surface area (Å²) in [4.78, 5) is 11.1. The van der Waals surface area contributed by atoms with Crippen molar-refractivity contribution in [3.63, 3.8) is 0 Å². The first-order valence-electron chi connectivity index (χ1n) is 5.22. The summed E-state index contributed by atoms with van der Waals surface area (Å²) in [5, 5.41) is 47.5. The van der Waals surface area contributed by atoms with Gasteiger partial charge in [0.25, 0.3) is 0 Å². The Bertz CT molecular complexity index is 662. The molecular weight excluding hydrogens is 252 g/mol. The van der Waals surface area contributed by atoms with E-state index in [1.807, 2.05) is 0 Å². The third-order valence-corrected chi connectivity index (χ3v) is 2.62. The molecule has 0 aliphatic rings. The summed E-state index contributed by atoms with van der Waals surface area (Å²) in [6.07, 6.45) is 0. The van der Waals surface area contributed by atoms with E-state index in [0.29, 0.717) is 0 Å². The Hall–Kier alpha value is -2.89. The average Bonchev–Trinajstić information content (AvgIpc) is 2.34. The van der Waals surface area contributed by atoms with Gasteiger partial charge in [0.1, 0.15) is 28.6 Å². The molecule has 0 aliphatic heterocycles. The Kier molecular flexibility index (Phi) is 2.92. The van der Waals surface area contributed by atoms with Gasteiger partial charge in [-0.15, -0.1) is 0 Å². The molecule has 5 N–H and O–H groups in total. The van der Waals surface area contributed by atoms with Crippen LogP contribution in [0.3, 0.4) is 0 Å². The van der Waals surface area contributed by atoms with Crippen LogP contribution in [0.4, 0.5) is 0 Å². The molecule has 19 heavy (non-hydrogen) atoms. The van der Waals surface area contributed by atoms with Crippen LogP contribution in [-0.4, -0.2) is 31.5 Å². The lowest BCUT2D eigenvalue weighted by molar-refractivity contribution is 0.0694. The van der Waals surface area contributed by atoms with Crippen LogP contribution in [0.2, 0.25) is 0 Å². The SMILES string of the molecule is O=C(O)c1c(O)ccc(O)c1-c1cc(O)ccc1O. The van der Waals surface area contributed by atoms with Gasteiger partial charge in [0, 0.05) is 11.1 Å². The second-order valence-electron chi connectivity index (χ2n) is 3.86. The molecule has 6 nitrogen and oxygen atoms in total. The molecule has 0 radical (unpaired) electrons. The number of phenolic OH excluding ortho intramolecular Hbond substituents is 3. The zero-order valence-electron chi connectivity index (χ0n) is 9.53. The minimum Gasteiger partial charge on any atom is -0.508 e. The second kappa shape index (κ2) is 4.41. The predicted molar refractivity (Wildman–Crippen MR) is 65.5 cm³/mol. The number of aromatic hydroxyl groups is 4. The van der Waals surface area contributed by atoms with E-state index in [-0.39, 0.29) is 22.6 Å². The van der Waals surface area contributed by atoms with Crippen LogP contribution in [-0.2, 0) is 0 Å². The van der Waals surface area contributed by atoms with E-state index in [4.69, 9.17) is 5.11 Å². The van der Waals surface area contributed by atoms with Crippen LogP contribution in [0.5, 0.6) is 23.0 Å². The van der Waals surface area contributed by atoms with Crippen molar-refractivity contribution < 1.29 is 30.3 Å². The first kappa shape index (κ1) is 12.6. The highest BCUT2D eigenvalue weighted by molar-refractivity contribution is 6.01. The summed E-state index contributed by atoms with van der Waals surface area (Å²) in [5.74, 6) is -3.00. The molecule has 0 saturated carbocycles. The molecule has 0 heterocycles. The van der Waals surface area contributed by atoms with Crippen LogP contribution >= 0.6 is 0 Å². The summed E-state index contributed by atoms with van der Waals surface area (Å²) >= 11 is 0. The molecule has 0 bridgehead atoms. The number of phenols is 4. The van der Waals surface area contributed by atoms with E-state index in [0.717, 1.165) is 24.3 Å². The number of carboxylic acid groups (broad SMARTS) is 1. The van der Waals surface area contributed by atoms with Gasteiger partial charge in [-0.2, -0.15) is 0 Å². The molecule has 98 valence electrons. The molecule has 0 fully saturated rings. The van der Waals surface area contributed by atoms with Crippen molar-refractivity contribution in [3.05, 3.63) is 35.9 Å². The zero-order valence-corrected chi connectivity index (χ0v) is 9.53. The average molecular weight is 262 g/mol. The van der Waals surface area contributed by atoms with Crippen LogP contribution in [0, 0.1) is 0 Å². The zero-order chi connectivity index (χ0) is 14.2. The molecule has 0 aliphatic carbocycles. The van der Waals surface area contributed by atoms with Gasteiger partial charge in [-0.1, -0.05) is 0 Å². The number of hydrogen-bond acceptors (Lipinski definition) is 5. The molecule has 0 unspecified atom stereocenters. The lowest BCUT2D eigenvalue weighted by atomic mass is 9.96. The van der Waals surface area contributed by atoms with E-state index < -0.39 is 23.0 Å². The Morgan fingerprint density at radius 3 is 2.05 bits per heavy atom. The molecule has 0 amide bonds. The highest BCUT2D eigenvalue weighted by atomic mass is 16.4. The lowest BCUT2D eigenvalue weighted by Crippen LogP contribution is -2.00. The topological polar surface area (TPSA) is 118 Å². The molecule has 0 spiro atoms. The van der Waals surface area contributed by atoms with Crippen molar-refractivity contribution in [1.29, 1.82) is 0 Å². The van der Waals surface area contributed by atoms with E-state index in [9.17, 15) is 25.2 Å². The van der Waals surface area contributed by atoms with E-state index in [1.165, 1.54) is 6.07 Å². The van der Waals surface area contributed by atoms with Gasteiger partial charge in [0.05, 0.1) is 0 Å². The highest BCUT2D eigenvalue weighted by Crippen LogP contribution is 2.42. The van der Waals surface area contributed by atoms with Gasteiger partial charge in [0.2, 0.25) is 0 Å². The minimum atomic E-state index is -1.47. The van der Waals surface area contributed by atoms with Gasteiger partial charge in [0.15, 0.2) is 0 Å². The smallest absolute Gasteiger partial charge is 0.340 e. The maximum Gasteiger partial charge on any atom is 0.340 e. The summed E-state index contributed by atoms with van der Waals surface area (Å²) in [6.45, 7) is 0. The van der Waals surface area contributed by atoms with Crippen molar-refractivity contribution in [2.75, 3.05) is 0 Å². The van der Waals surface area contributed by atoms with Crippen LogP contribution < -0.4 is 0 Å². The fourth-order valence-electron chi connectivity index (χ4n) is 1.79. The molecule has 2 aromatic rings. The molecule has 2 rings (SSSR count). The molecule has 0 aromatic heterocycles. The highest BCUT2D eigenvalue weighted by Gasteiger charge is 2.22. The Labute approximate surface area is 107 Å². The third-order valence-electron chi connectivity index (χ3n) is 2.62. The van der Waals surface area contributed by atoms with E-state index >= 15 is 0 Å². The standard InChI is InChI=1S/C13H10O6/c14-6-1-2-8(15)7(5-6)11-9(16)3-4-10(17)12(11)13(18)19/h1-5,14-17H,(H,18,19). The number of carbonyl (C=O) groups is 1. The van der Waals surface area contributed by atoms with Crippen molar-refractivity contribution in [2.24, 2.45) is 0 Å². The molecule has 0 atom stereocenters. The number of carboxylic acids is 1. The van der Waals surface area contributed by atoms with Crippen LogP contribution in [0.1, 0.15) is 10.4 Å². The van der Waals surface area contributed by atoms with E-state index in [1.54, 1.807) is 0 Å². The lowest BCUT2D eigenvalue weighted by Gasteiger charge is -2.12. The summed E-state index contributed by atoms with van der Waals surface area (Å²) in [5.41, 5.74) is -0.910. The summed E-state index contributed by atoms with van der Waals surface area (Å²) < 4.78 is 0. The minimum absolute atomic E-state index is 0.0919. The largest absolute Gasteiger partial charge is 0.508 e. The van der Waals surface area contributed by atoms with Crippen LogP contribution in [0.15, 0.2) is 30.3 Å². The fraction of sp³-hybridized carbons (Fsp3) is 0. The number of hydrogen-bond donors (Lipinski definition) is 5. The number of aromatic carboxylic acids is 1. The normalized spacial score (nSPS) is 10.3. The maximum absolute atomic E-state index is 11.1. The van der Waals surface area contributed by atoms with Crippen molar-refractivity contribution in [3.8, 4) is 34.1 Å². The molecular formula is C13H10O6. The quantitative estimate of drug-likeness (QED) is 0.527. The first-order valence-corrected chi connectivity index (χ1v) is 5.22. The maximum atomic E-state index is 11.1.